The highest BCUT2D eigenvalue weighted by molar-refractivity contribution is 5.90. The molecule has 0 radical (unpaired) electrons. The van der Waals surface area contributed by atoms with Crippen LogP contribution in [0.1, 0.15) is 81.8 Å². The molecule has 40 heavy (non-hydrogen) atoms. The fourth-order valence-corrected chi connectivity index (χ4v) is 8.41. The van der Waals surface area contributed by atoms with E-state index in [1.54, 1.807) is 18.2 Å². The smallest absolute Gasteiger partial charge is 0.224 e. The molecule has 6 atom stereocenters. The number of ether oxygens (including phenoxy) is 1. The summed E-state index contributed by atoms with van der Waals surface area (Å²) in [6.45, 7) is 5.31. The molecule has 1 amide bonds. The van der Waals surface area contributed by atoms with Crippen LogP contribution in [0, 0.1) is 23.1 Å². The number of rotatable bonds is 7. The number of benzene rings is 2. The maximum Gasteiger partial charge on any atom is 0.224 e. The first kappa shape index (κ1) is 27.5. The van der Waals surface area contributed by atoms with E-state index in [9.17, 15) is 15.0 Å². The second kappa shape index (κ2) is 11.3. The van der Waals surface area contributed by atoms with Gasteiger partial charge in [0, 0.05) is 23.8 Å². The lowest BCUT2D eigenvalue weighted by molar-refractivity contribution is -0.116. The Hall–Kier alpha value is -2.64. The number of hydrogen-bond donors (Lipinski definition) is 3. The number of likely N-dealkylation sites (tertiary alicyclic amines) is 1. The lowest BCUT2D eigenvalue weighted by atomic mass is 9.54. The van der Waals surface area contributed by atoms with Gasteiger partial charge in [0.1, 0.15) is 23.4 Å². The van der Waals surface area contributed by atoms with Gasteiger partial charge in [-0.05, 0) is 118 Å². The maximum absolute atomic E-state index is 15.2. The molecular formula is C33H43FN2O4. The summed E-state index contributed by atoms with van der Waals surface area (Å²) in [6, 6.07) is 10.3. The van der Waals surface area contributed by atoms with Crippen LogP contribution < -0.4 is 10.1 Å². The molecule has 0 aromatic heterocycles. The van der Waals surface area contributed by atoms with Gasteiger partial charge in [0.05, 0.1) is 11.8 Å². The van der Waals surface area contributed by atoms with Crippen LogP contribution in [0.3, 0.4) is 0 Å². The summed E-state index contributed by atoms with van der Waals surface area (Å²) in [5, 5.41) is 23.8. The number of aryl methyl sites for hydroxylation is 1. The summed E-state index contributed by atoms with van der Waals surface area (Å²) < 4.78 is 21.8. The molecule has 4 aliphatic rings. The Morgan fingerprint density at radius 1 is 1.12 bits per heavy atom. The Labute approximate surface area is 236 Å². The molecule has 1 aliphatic heterocycles. The summed E-state index contributed by atoms with van der Waals surface area (Å²) in [5.74, 6) is 0.937. The molecule has 3 fully saturated rings. The average molecular weight is 551 g/mol. The number of piperidine rings is 1. The van der Waals surface area contributed by atoms with Gasteiger partial charge in [-0.1, -0.05) is 19.4 Å². The van der Waals surface area contributed by atoms with Gasteiger partial charge >= 0.3 is 0 Å². The standard InChI is InChI=1S/C33H43FN2O4/c1-33-20-29(32-24-11-8-22(37)18-21(24)7-10-25(32)26(33)12-14-30(33)38)40-23-9-13-28(27(34)19-23)35-31(39)6-5-17-36-15-3-2-4-16-36/h8-9,11,13,18-19,25-26,29-30,32,37-38H,2-7,10,12,14-17,20H2,1H3,(H,35,39)/t25-,26-,29-,30-,32+,33-/m0/s1. The highest BCUT2D eigenvalue weighted by Crippen LogP contribution is 2.61. The summed E-state index contributed by atoms with van der Waals surface area (Å²) in [7, 11) is 0. The van der Waals surface area contributed by atoms with Crippen molar-refractivity contribution in [2.24, 2.45) is 17.3 Å². The molecule has 6 rings (SSSR count). The van der Waals surface area contributed by atoms with Gasteiger partial charge in [-0.15, -0.1) is 0 Å². The Kier molecular flexibility index (Phi) is 7.79. The van der Waals surface area contributed by atoms with Crippen LogP contribution in [0.25, 0.3) is 0 Å². The lowest BCUT2D eigenvalue weighted by Crippen LogP contribution is -2.51. The quantitative estimate of drug-likeness (QED) is 0.393. The van der Waals surface area contributed by atoms with Gasteiger partial charge in [-0.3, -0.25) is 4.79 Å². The van der Waals surface area contributed by atoms with Crippen LogP contribution in [0.2, 0.25) is 0 Å². The number of aliphatic hydroxyl groups excluding tert-OH is 1. The van der Waals surface area contributed by atoms with Crippen molar-refractivity contribution in [2.45, 2.75) is 89.3 Å². The fourth-order valence-electron chi connectivity index (χ4n) is 8.41. The summed E-state index contributed by atoms with van der Waals surface area (Å²) in [6.07, 6.45) is 8.70. The van der Waals surface area contributed by atoms with Crippen molar-refractivity contribution < 1.29 is 24.1 Å². The van der Waals surface area contributed by atoms with E-state index in [1.165, 1.54) is 30.9 Å². The predicted octanol–water partition coefficient (Wildman–Crippen LogP) is 6.01. The largest absolute Gasteiger partial charge is 0.508 e. The Morgan fingerprint density at radius 3 is 2.75 bits per heavy atom. The van der Waals surface area contributed by atoms with E-state index >= 15 is 4.39 Å². The average Bonchev–Trinajstić information content (AvgIpc) is 3.24. The van der Waals surface area contributed by atoms with E-state index in [0.717, 1.165) is 57.3 Å². The zero-order chi connectivity index (χ0) is 27.9. The molecule has 2 saturated carbocycles. The minimum atomic E-state index is -0.506. The third-order valence-corrected chi connectivity index (χ3v) is 10.4. The Morgan fingerprint density at radius 2 is 1.95 bits per heavy atom. The molecule has 1 saturated heterocycles. The number of amides is 1. The molecule has 7 heteroatoms. The van der Waals surface area contributed by atoms with Crippen LogP contribution in [-0.2, 0) is 11.2 Å². The molecular weight excluding hydrogens is 507 g/mol. The molecule has 3 N–H and O–H groups in total. The number of fused-ring (bicyclic) bond motifs is 5. The van der Waals surface area contributed by atoms with Gasteiger partial charge in [-0.25, -0.2) is 4.39 Å². The van der Waals surface area contributed by atoms with Crippen LogP contribution >= 0.6 is 0 Å². The molecule has 3 aliphatic carbocycles. The number of nitrogens with zero attached hydrogens (tertiary/aromatic N) is 1. The first-order valence-electron chi connectivity index (χ1n) is 15.3. The summed E-state index contributed by atoms with van der Waals surface area (Å²) >= 11 is 0. The molecule has 0 bridgehead atoms. The molecule has 2 aromatic rings. The number of anilines is 1. The molecule has 0 spiro atoms. The van der Waals surface area contributed by atoms with Gasteiger partial charge in [0.25, 0.3) is 0 Å². The predicted molar refractivity (Wildman–Crippen MR) is 153 cm³/mol. The Bertz CT molecular complexity index is 1230. The highest BCUT2D eigenvalue weighted by Gasteiger charge is 2.58. The van der Waals surface area contributed by atoms with Crippen LogP contribution in [-0.4, -0.2) is 52.9 Å². The number of aliphatic hydroxyl groups is 1. The monoisotopic (exact) mass is 550 g/mol. The normalized spacial score (nSPS) is 31.6. The van der Waals surface area contributed by atoms with E-state index in [1.807, 2.05) is 12.1 Å². The number of hydrogen-bond acceptors (Lipinski definition) is 5. The van der Waals surface area contributed by atoms with Crippen molar-refractivity contribution >= 4 is 11.6 Å². The number of halogens is 1. The highest BCUT2D eigenvalue weighted by atomic mass is 19.1. The van der Waals surface area contributed by atoms with Crippen molar-refractivity contribution in [3.8, 4) is 11.5 Å². The SMILES string of the molecule is C[C@]12C[C@H](Oc3ccc(NC(=O)CCCN4CCCCC4)c(F)c3)[C@@H]3c4ccc(O)cc4CC[C@H]3[C@@H]1CC[C@@H]2O. The first-order valence-corrected chi connectivity index (χ1v) is 15.3. The van der Waals surface area contributed by atoms with E-state index in [-0.39, 0.29) is 40.9 Å². The third-order valence-electron chi connectivity index (χ3n) is 10.4. The number of carbonyl (C=O) groups is 1. The lowest BCUT2D eigenvalue weighted by Gasteiger charge is -2.53. The number of nitrogens with one attached hydrogen (secondary N) is 1. The number of phenols is 1. The van der Waals surface area contributed by atoms with E-state index in [2.05, 4.69) is 17.1 Å². The number of aromatic hydroxyl groups is 1. The maximum atomic E-state index is 15.2. The van der Waals surface area contributed by atoms with Gasteiger partial charge < -0.3 is 25.2 Å². The second-order valence-corrected chi connectivity index (χ2v) is 12.9. The van der Waals surface area contributed by atoms with Gasteiger partial charge in [0.15, 0.2) is 0 Å². The Balaban J connectivity index is 1.16. The van der Waals surface area contributed by atoms with Crippen LogP contribution in [0.15, 0.2) is 36.4 Å². The fraction of sp³-hybridized carbons (Fsp3) is 0.606. The topological polar surface area (TPSA) is 82.0 Å². The summed E-state index contributed by atoms with van der Waals surface area (Å²) in [4.78, 5) is 14.9. The van der Waals surface area contributed by atoms with Gasteiger partial charge in [-0.2, -0.15) is 0 Å². The van der Waals surface area contributed by atoms with E-state index in [4.69, 9.17) is 4.74 Å². The summed E-state index contributed by atoms with van der Waals surface area (Å²) in [5.41, 5.74) is 2.30. The molecule has 216 valence electrons. The van der Waals surface area contributed by atoms with Gasteiger partial charge in [0.2, 0.25) is 5.91 Å². The number of phenolic OH excluding ortho intramolecular Hbond substituents is 1. The van der Waals surface area contributed by atoms with Crippen molar-refractivity contribution in [3.05, 3.63) is 53.3 Å². The van der Waals surface area contributed by atoms with Crippen molar-refractivity contribution in [1.82, 2.24) is 4.90 Å². The molecule has 6 nitrogen and oxygen atoms in total. The molecule has 0 unspecified atom stereocenters. The third kappa shape index (κ3) is 5.35. The van der Waals surface area contributed by atoms with E-state index < -0.39 is 5.82 Å². The van der Waals surface area contributed by atoms with Crippen LogP contribution in [0.4, 0.5) is 10.1 Å². The zero-order valence-corrected chi connectivity index (χ0v) is 23.6. The second-order valence-electron chi connectivity index (χ2n) is 12.9. The molecule has 2 aromatic carbocycles. The zero-order valence-electron chi connectivity index (χ0n) is 23.6. The first-order chi connectivity index (χ1) is 19.3. The van der Waals surface area contributed by atoms with Crippen LogP contribution in [0.5, 0.6) is 11.5 Å². The van der Waals surface area contributed by atoms with Crippen molar-refractivity contribution in [1.29, 1.82) is 0 Å². The van der Waals surface area contributed by atoms with Crippen molar-refractivity contribution in [2.75, 3.05) is 25.0 Å². The number of carbonyl (C=O) groups excluding carboxylic acids is 1. The van der Waals surface area contributed by atoms with E-state index in [0.29, 0.717) is 30.4 Å². The minimum Gasteiger partial charge on any atom is -0.508 e. The van der Waals surface area contributed by atoms with Crippen molar-refractivity contribution in [3.63, 3.8) is 0 Å². The minimum absolute atomic E-state index is 0.120. The molecule has 1 heterocycles.